The molecule has 0 atom stereocenters. The third kappa shape index (κ3) is 2.46. The van der Waals surface area contributed by atoms with Gasteiger partial charge < -0.3 is 11.1 Å². The summed E-state index contributed by atoms with van der Waals surface area (Å²) < 4.78 is 0. The van der Waals surface area contributed by atoms with Crippen LogP contribution < -0.4 is 22.3 Å². The lowest BCUT2D eigenvalue weighted by Gasteiger charge is -2.04. The zero-order chi connectivity index (χ0) is 10.6. The number of hydrazine groups is 1. The van der Waals surface area contributed by atoms with Crippen LogP contribution in [0.5, 0.6) is 0 Å². The molecule has 74 valence electrons. The molecular weight excluding hydrogens is 184 g/mol. The van der Waals surface area contributed by atoms with E-state index in [1.807, 2.05) is 5.43 Å². The number of benzene rings is 1. The molecule has 0 heterocycles. The zero-order valence-corrected chi connectivity index (χ0v) is 7.28. The largest absolute Gasteiger partial charge is 0.366 e. The quantitative estimate of drug-likeness (QED) is 0.297. The molecule has 0 unspecified atom stereocenters. The Morgan fingerprint density at radius 1 is 1.29 bits per heavy atom. The molecule has 6 N–H and O–H groups in total. The van der Waals surface area contributed by atoms with Crippen LogP contribution in [0, 0.1) is 0 Å². The Labute approximate surface area is 80.2 Å². The van der Waals surface area contributed by atoms with E-state index in [4.69, 9.17) is 11.6 Å². The van der Waals surface area contributed by atoms with Crippen LogP contribution >= 0.6 is 0 Å². The summed E-state index contributed by atoms with van der Waals surface area (Å²) in [6, 6.07) is 5.66. The van der Waals surface area contributed by atoms with Crippen molar-refractivity contribution in [1.82, 2.24) is 5.43 Å². The lowest BCUT2D eigenvalue weighted by molar-refractivity contribution is 0.100. The van der Waals surface area contributed by atoms with Crippen LogP contribution in [0.2, 0.25) is 0 Å². The van der Waals surface area contributed by atoms with E-state index in [-0.39, 0.29) is 0 Å². The highest BCUT2D eigenvalue weighted by molar-refractivity contribution is 5.95. The summed E-state index contributed by atoms with van der Waals surface area (Å²) in [4.78, 5) is 21.6. The molecule has 0 saturated carbocycles. The molecule has 3 amide bonds. The Morgan fingerprint density at radius 2 is 2.00 bits per heavy atom. The van der Waals surface area contributed by atoms with Crippen molar-refractivity contribution < 1.29 is 9.59 Å². The summed E-state index contributed by atoms with van der Waals surface area (Å²) in [5.74, 6) is 4.31. The average Bonchev–Trinajstić information content (AvgIpc) is 2.18. The summed E-state index contributed by atoms with van der Waals surface area (Å²) in [5, 5.41) is 2.40. The molecule has 1 rings (SSSR count). The van der Waals surface area contributed by atoms with Crippen LogP contribution in [-0.4, -0.2) is 11.9 Å². The van der Waals surface area contributed by atoms with Gasteiger partial charge in [0.1, 0.15) is 0 Å². The summed E-state index contributed by atoms with van der Waals surface area (Å²) in [6.45, 7) is 0. The normalized spacial score (nSPS) is 9.21. The maximum Gasteiger partial charge on any atom is 0.333 e. The topological polar surface area (TPSA) is 110 Å². The van der Waals surface area contributed by atoms with Gasteiger partial charge in [0.15, 0.2) is 0 Å². The number of hydrogen-bond donors (Lipinski definition) is 4. The second-order valence-electron chi connectivity index (χ2n) is 2.54. The van der Waals surface area contributed by atoms with Crippen LogP contribution in [0.1, 0.15) is 10.4 Å². The van der Waals surface area contributed by atoms with E-state index in [1.165, 1.54) is 6.07 Å². The number of nitrogens with two attached hydrogens (primary N) is 2. The Morgan fingerprint density at radius 3 is 2.57 bits per heavy atom. The highest BCUT2D eigenvalue weighted by Crippen LogP contribution is 2.09. The Kier molecular flexibility index (Phi) is 3.03. The number of anilines is 1. The van der Waals surface area contributed by atoms with Crippen molar-refractivity contribution in [1.29, 1.82) is 0 Å². The number of primary amides is 1. The van der Waals surface area contributed by atoms with Gasteiger partial charge in [0, 0.05) is 11.3 Å². The van der Waals surface area contributed by atoms with E-state index < -0.39 is 11.9 Å². The van der Waals surface area contributed by atoms with Gasteiger partial charge in [-0.3, -0.25) is 10.2 Å². The van der Waals surface area contributed by atoms with Crippen molar-refractivity contribution in [3.63, 3.8) is 0 Å². The van der Waals surface area contributed by atoms with Gasteiger partial charge in [0.2, 0.25) is 5.91 Å². The number of rotatable bonds is 2. The molecule has 6 heteroatoms. The van der Waals surface area contributed by atoms with Crippen molar-refractivity contribution in [3.05, 3.63) is 29.8 Å². The van der Waals surface area contributed by atoms with Crippen molar-refractivity contribution in [2.75, 3.05) is 5.32 Å². The lowest BCUT2D eigenvalue weighted by Crippen LogP contribution is -2.34. The maximum atomic E-state index is 10.8. The minimum Gasteiger partial charge on any atom is -0.366 e. The van der Waals surface area contributed by atoms with Gasteiger partial charge in [-0.05, 0) is 18.2 Å². The second-order valence-corrected chi connectivity index (χ2v) is 2.54. The molecule has 1 aromatic rings. The molecule has 0 aliphatic carbocycles. The first kappa shape index (κ1) is 10.0. The van der Waals surface area contributed by atoms with Gasteiger partial charge in [-0.15, -0.1) is 0 Å². The van der Waals surface area contributed by atoms with Crippen LogP contribution in [-0.2, 0) is 0 Å². The second kappa shape index (κ2) is 4.24. The van der Waals surface area contributed by atoms with Gasteiger partial charge >= 0.3 is 6.03 Å². The lowest BCUT2D eigenvalue weighted by atomic mass is 10.2. The van der Waals surface area contributed by atoms with E-state index in [2.05, 4.69) is 5.32 Å². The third-order valence-corrected chi connectivity index (χ3v) is 1.54. The van der Waals surface area contributed by atoms with E-state index in [9.17, 15) is 9.59 Å². The number of hydrogen-bond acceptors (Lipinski definition) is 3. The molecule has 14 heavy (non-hydrogen) atoms. The SMILES string of the molecule is NNC(=O)Nc1cccc(C(N)=O)c1. The molecular formula is C8H10N4O2. The average molecular weight is 194 g/mol. The molecule has 0 aliphatic heterocycles. The molecule has 1 aromatic carbocycles. The fourth-order valence-corrected chi connectivity index (χ4v) is 0.917. The summed E-state index contributed by atoms with van der Waals surface area (Å²) in [6.07, 6.45) is 0. The van der Waals surface area contributed by atoms with Crippen LogP contribution in [0.25, 0.3) is 0 Å². The summed E-state index contributed by atoms with van der Waals surface area (Å²) >= 11 is 0. The Bertz CT molecular complexity index is 364. The van der Waals surface area contributed by atoms with Crippen molar-refractivity contribution in [2.24, 2.45) is 11.6 Å². The van der Waals surface area contributed by atoms with Gasteiger partial charge in [0.05, 0.1) is 0 Å². The van der Waals surface area contributed by atoms with Gasteiger partial charge in [-0.2, -0.15) is 0 Å². The van der Waals surface area contributed by atoms with E-state index in [0.717, 1.165) is 0 Å². The van der Waals surface area contributed by atoms with Crippen LogP contribution in [0.4, 0.5) is 10.5 Å². The van der Waals surface area contributed by atoms with E-state index in [0.29, 0.717) is 11.3 Å². The molecule has 0 spiro atoms. The number of urea groups is 1. The number of carbonyl (C=O) groups excluding carboxylic acids is 2. The standard InChI is InChI=1S/C8H10N4O2/c9-7(13)5-2-1-3-6(4-5)11-8(14)12-10/h1-4H,10H2,(H2,9,13)(H2,11,12,14). The fourth-order valence-electron chi connectivity index (χ4n) is 0.917. The van der Waals surface area contributed by atoms with Crippen LogP contribution in [0.15, 0.2) is 24.3 Å². The first-order valence-electron chi connectivity index (χ1n) is 3.81. The minimum atomic E-state index is -0.563. The monoisotopic (exact) mass is 194 g/mol. The predicted molar refractivity (Wildman–Crippen MR) is 51.3 cm³/mol. The van der Waals surface area contributed by atoms with Gasteiger partial charge in [-0.1, -0.05) is 6.07 Å². The smallest absolute Gasteiger partial charge is 0.333 e. The molecule has 0 saturated heterocycles. The van der Waals surface area contributed by atoms with Crippen molar-refractivity contribution in [3.8, 4) is 0 Å². The van der Waals surface area contributed by atoms with Crippen molar-refractivity contribution >= 4 is 17.6 Å². The highest BCUT2D eigenvalue weighted by atomic mass is 16.2. The zero-order valence-electron chi connectivity index (χ0n) is 7.28. The molecule has 0 aromatic heterocycles. The summed E-state index contributed by atoms with van der Waals surface area (Å²) in [7, 11) is 0. The summed E-state index contributed by atoms with van der Waals surface area (Å²) in [5.41, 5.74) is 7.72. The molecule has 0 fully saturated rings. The van der Waals surface area contributed by atoms with Crippen molar-refractivity contribution in [2.45, 2.75) is 0 Å². The number of nitrogens with one attached hydrogen (secondary N) is 2. The third-order valence-electron chi connectivity index (χ3n) is 1.54. The maximum absolute atomic E-state index is 10.8. The highest BCUT2D eigenvalue weighted by Gasteiger charge is 2.02. The first-order chi connectivity index (χ1) is 6.63. The predicted octanol–water partition coefficient (Wildman–Crippen LogP) is -0.219. The minimum absolute atomic E-state index is 0.319. The van der Waals surface area contributed by atoms with Gasteiger partial charge in [-0.25, -0.2) is 10.6 Å². The first-order valence-corrected chi connectivity index (χ1v) is 3.81. The molecule has 0 aliphatic rings. The number of carbonyl (C=O) groups is 2. The Hall–Kier alpha value is -2.08. The molecule has 0 radical (unpaired) electrons. The van der Waals surface area contributed by atoms with E-state index >= 15 is 0 Å². The molecule has 6 nitrogen and oxygen atoms in total. The van der Waals surface area contributed by atoms with E-state index in [1.54, 1.807) is 18.2 Å². The van der Waals surface area contributed by atoms with Gasteiger partial charge in [0.25, 0.3) is 0 Å². The Balaban J connectivity index is 2.83. The number of amides is 3. The molecule has 0 bridgehead atoms. The van der Waals surface area contributed by atoms with Crippen LogP contribution in [0.3, 0.4) is 0 Å². The fraction of sp³-hybridized carbons (Fsp3) is 0.